The van der Waals surface area contributed by atoms with Gasteiger partial charge in [0.1, 0.15) is 0 Å². The van der Waals surface area contributed by atoms with E-state index in [0.717, 1.165) is 17.8 Å². The van der Waals surface area contributed by atoms with Crippen LogP contribution in [0.4, 0.5) is 11.4 Å². The molecule has 0 saturated carbocycles. The van der Waals surface area contributed by atoms with Gasteiger partial charge in [-0.3, -0.25) is 0 Å². The molecule has 2 aromatic rings. The highest BCUT2D eigenvalue weighted by atomic mass is 32.2. The number of hydrogen-bond acceptors (Lipinski definition) is 6. The number of nitrogens with zero attached hydrogens (tertiary/aromatic N) is 1. The molecule has 0 radical (unpaired) electrons. The average molecular weight is 312 g/mol. The van der Waals surface area contributed by atoms with Crippen LogP contribution in [0, 0.1) is 0 Å². The van der Waals surface area contributed by atoms with E-state index in [-0.39, 0.29) is 4.90 Å². The molecule has 0 amide bonds. The fourth-order valence-corrected chi connectivity index (χ4v) is 3.03. The SMILES string of the molecule is CNS(=O)(=O)c1ccc(NCCc2cscn2)c(N)c1. The molecule has 108 valence electrons. The van der Waals surface area contributed by atoms with Crippen LogP contribution in [0.15, 0.2) is 34.0 Å². The zero-order valence-electron chi connectivity index (χ0n) is 11.0. The van der Waals surface area contributed by atoms with Crippen LogP contribution in [0.5, 0.6) is 0 Å². The third kappa shape index (κ3) is 3.47. The Balaban J connectivity index is 2.03. The van der Waals surface area contributed by atoms with Crippen LogP contribution in [-0.2, 0) is 16.4 Å². The van der Waals surface area contributed by atoms with Crippen molar-refractivity contribution in [2.75, 3.05) is 24.6 Å². The first kappa shape index (κ1) is 14.8. The van der Waals surface area contributed by atoms with E-state index in [1.165, 1.54) is 19.2 Å². The van der Waals surface area contributed by atoms with Gasteiger partial charge in [-0.05, 0) is 25.2 Å². The molecule has 0 saturated heterocycles. The molecule has 8 heteroatoms. The number of benzene rings is 1. The molecule has 0 aliphatic rings. The molecular formula is C12H16N4O2S2. The maximum Gasteiger partial charge on any atom is 0.240 e. The van der Waals surface area contributed by atoms with Gasteiger partial charge >= 0.3 is 0 Å². The smallest absolute Gasteiger partial charge is 0.240 e. The van der Waals surface area contributed by atoms with E-state index < -0.39 is 10.0 Å². The van der Waals surface area contributed by atoms with Crippen molar-refractivity contribution in [3.05, 3.63) is 34.8 Å². The molecule has 0 unspecified atom stereocenters. The molecule has 6 nitrogen and oxygen atoms in total. The van der Waals surface area contributed by atoms with E-state index in [1.807, 2.05) is 5.38 Å². The Labute approximate surface area is 122 Å². The van der Waals surface area contributed by atoms with Crippen LogP contribution < -0.4 is 15.8 Å². The molecule has 0 fully saturated rings. The highest BCUT2D eigenvalue weighted by Gasteiger charge is 2.12. The molecular weight excluding hydrogens is 296 g/mol. The van der Waals surface area contributed by atoms with Gasteiger partial charge in [-0.2, -0.15) is 0 Å². The number of nitrogens with one attached hydrogen (secondary N) is 2. The summed E-state index contributed by atoms with van der Waals surface area (Å²) in [5.74, 6) is 0. The van der Waals surface area contributed by atoms with Gasteiger partial charge in [0, 0.05) is 18.3 Å². The second-order valence-corrected chi connectivity index (χ2v) is 6.72. The molecule has 20 heavy (non-hydrogen) atoms. The molecule has 0 aliphatic heterocycles. The number of rotatable bonds is 6. The van der Waals surface area contributed by atoms with E-state index in [0.29, 0.717) is 12.2 Å². The Morgan fingerprint density at radius 2 is 2.20 bits per heavy atom. The maximum absolute atomic E-state index is 11.6. The van der Waals surface area contributed by atoms with Gasteiger partial charge in [-0.25, -0.2) is 18.1 Å². The summed E-state index contributed by atoms with van der Waals surface area (Å²) in [4.78, 5) is 4.34. The molecule has 4 N–H and O–H groups in total. The predicted molar refractivity (Wildman–Crippen MR) is 81.4 cm³/mol. The normalized spacial score (nSPS) is 11.4. The van der Waals surface area contributed by atoms with Crippen molar-refractivity contribution < 1.29 is 8.42 Å². The van der Waals surface area contributed by atoms with E-state index in [1.54, 1.807) is 22.9 Å². The van der Waals surface area contributed by atoms with Gasteiger partial charge in [-0.15, -0.1) is 11.3 Å². The van der Waals surface area contributed by atoms with Gasteiger partial charge in [-0.1, -0.05) is 0 Å². The summed E-state index contributed by atoms with van der Waals surface area (Å²) in [6.45, 7) is 0.687. The topological polar surface area (TPSA) is 97.1 Å². The Hall–Kier alpha value is -1.64. The molecule has 0 spiro atoms. The molecule has 1 aromatic heterocycles. The van der Waals surface area contributed by atoms with E-state index >= 15 is 0 Å². The summed E-state index contributed by atoms with van der Waals surface area (Å²) in [7, 11) is -2.09. The molecule has 0 bridgehead atoms. The summed E-state index contributed by atoms with van der Waals surface area (Å²) < 4.78 is 25.5. The van der Waals surface area contributed by atoms with Gasteiger partial charge < -0.3 is 11.1 Å². The lowest BCUT2D eigenvalue weighted by Crippen LogP contribution is -2.19. The molecule has 2 rings (SSSR count). The highest BCUT2D eigenvalue weighted by Crippen LogP contribution is 2.22. The minimum absolute atomic E-state index is 0.155. The minimum atomic E-state index is -3.46. The second kappa shape index (κ2) is 6.21. The van der Waals surface area contributed by atoms with E-state index in [9.17, 15) is 8.42 Å². The lowest BCUT2D eigenvalue weighted by molar-refractivity contribution is 0.588. The Morgan fingerprint density at radius 1 is 1.40 bits per heavy atom. The lowest BCUT2D eigenvalue weighted by Gasteiger charge is -2.10. The number of anilines is 2. The van der Waals surface area contributed by atoms with Crippen molar-refractivity contribution >= 4 is 32.7 Å². The summed E-state index contributed by atoms with van der Waals surface area (Å²) in [6.07, 6.45) is 0.791. The first-order valence-electron chi connectivity index (χ1n) is 5.97. The standard InChI is InChI=1S/C12H16N4O2S2/c1-14-20(17,18)10-2-3-12(11(13)6-10)15-5-4-9-7-19-8-16-9/h2-3,6-8,14-15H,4-5,13H2,1H3. The zero-order valence-corrected chi connectivity index (χ0v) is 12.6. The van der Waals surface area contributed by atoms with E-state index in [2.05, 4.69) is 15.0 Å². The fourth-order valence-electron chi connectivity index (χ4n) is 1.67. The number of sulfonamides is 1. The van der Waals surface area contributed by atoms with Crippen LogP contribution in [0.25, 0.3) is 0 Å². The number of thiazole rings is 1. The molecule has 1 aromatic carbocycles. The van der Waals surface area contributed by atoms with Crippen LogP contribution in [-0.4, -0.2) is 27.0 Å². The molecule has 0 aliphatic carbocycles. The first-order chi connectivity index (χ1) is 9.53. The highest BCUT2D eigenvalue weighted by molar-refractivity contribution is 7.89. The molecule has 0 atom stereocenters. The summed E-state index contributed by atoms with van der Waals surface area (Å²) in [5, 5.41) is 5.17. The largest absolute Gasteiger partial charge is 0.397 e. The maximum atomic E-state index is 11.6. The fraction of sp³-hybridized carbons (Fsp3) is 0.250. The second-order valence-electron chi connectivity index (χ2n) is 4.11. The lowest BCUT2D eigenvalue weighted by atomic mass is 10.2. The van der Waals surface area contributed by atoms with Crippen LogP contribution in [0.3, 0.4) is 0 Å². The Morgan fingerprint density at radius 3 is 2.80 bits per heavy atom. The zero-order chi connectivity index (χ0) is 14.6. The number of nitrogens with two attached hydrogens (primary N) is 1. The van der Waals surface area contributed by atoms with Crippen LogP contribution in [0.2, 0.25) is 0 Å². The van der Waals surface area contributed by atoms with E-state index in [4.69, 9.17) is 5.73 Å². The summed E-state index contributed by atoms with van der Waals surface area (Å²) in [5.41, 5.74) is 9.80. The monoisotopic (exact) mass is 312 g/mol. The van der Waals surface area contributed by atoms with Crippen molar-refractivity contribution in [2.45, 2.75) is 11.3 Å². The summed E-state index contributed by atoms with van der Waals surface area (Å²) >= 11 is 1.56. The predicted octanol–water partition coefficient (Wildman–Crippen LogP) is 1.29. The van der Waals surface area contributed by atoms with Gasteiger partial charge in [0.05, 0.1) is 27.5 Å². The molecule has 1 heterocycles. The van der Waals surface area contributed by atoms with Crippen LogP contribution >= 0.6 is 11.3 Å². The summed E-state index contributed by atoms with van der Waals surface area (Å²) in [6, 6.07) is 4.63. The Kier molecular flexibility index (Phi) is 4.58. The number of hydrogen-bond donors (Lipinski definition) is 3. The minimum Gasteiger partial charge on any atom is -0.397 e. The van der Waals surface area contributed by atoms with Crippen molar-refractivity contribution in [1.82, 2.24) is 9.71 Å². The van der Waals surface area contributed by atoms with Gasteiger partial charge in [0.15, 0.2) is 0 Å². The number of aromatic nitrogens is 1. The third-order valence-corrected chi connectivity index (χ3v) is 4.83. The first-order valence-corrected chi connectivity index (χ1v) is 8.39. The van der Waals surface area contributed by atoms with Crippen molar-refractivity contribution in [3.63, 3.8) is 0 Å². The van der Waals surface area contributed by atoms with Crippen LogP contribution in [0.1, 0.15) is 5.69 Å². The average Bonchev–Trinajstić information content (AvgIpc) is 2.93. The van der Waals surface area contributed by atoms with Gasteiger partial charge in [0.25, 0.3) is 0 Å². The van der Waals surface area contributed by atoms with Crippen molar-refractivity contribution in [2.24, 2.45) is 0 Å². The van der Waals surface area contributed by atoms with Crippen molar-refractivity contribution in [3.8, 4) is 0 Å². The van der Waals surface area contributed by atoms with Gasteiger partial charge in [0.2, 0.25) is 10.0 Å². The third-order valence-electron chi connectivity index (χ3n) is 2.78. The quantitative estimate of drug-likeness (QED) is 0.698. The number of nitrogen functional groups attached to an aromatic ring is 1. The Bertz CT molecular complexity index is 669. The van der Waals surface area contributed by atoms with Crippen molar-refractivity contribution in [1.29, 1.82) is 0 Å².